The summed E-state index contributed by atoms with van der Waals surface area (Å²) in [6.07, 6.45) is -0.380. The number of carbonyl (C=O) groups excluding carboxylic acids is 2. The topological polar surface area (TPSA) is 176 Å². The molecular weight excluding hydrogens is 398 g/mol. The van der Waals surface area contributed by atoms with E-state index in [1.54, 1.807) is 6.92 Å². The molecule has 0 saturated carbocycles. The minimum atomic E-state index is -1.41. The average molecular weight is 413 g/mol. The zero-order valence-electron chi connectivity index (χ0n) is 13.8. The zero-order chi connectivity index (χ0) is 19.7. The van der Waals surface area contributed by atoms with Crippen LogP contribution in [0.1, 0.15) is 12.6 Å². The molecule has 0 saturated heterocycles. The first-order valence-electron chi connectivity index (χ1n) is 7.61. The first-order valence-corrected chi connectivity index (χ1v) is 9.54. The molecule has 0 fully saturated rings. The molecule has 0 aromatic carbocycles. The van der Waals surface area contributed by atoms with Crippen molar-refractivity contribution in [1.29, 1.82) is 0 Å². The Hall–Kier alpha value is -2.80. The van der Waals surface area contributed by atoms with E-state index in [0.717, 1.165) is 16.9 Å². The molecule has 1 aromatic heterocycles. The van der Waals surface area contributed by atoms with E-state index in [1.165, 1.54) is 17.1 Å². The molecule has 144 valence electrons. The first-order chi connectivity index (χ1) is 12.8. The van der Waals surface area contributed by atoms with Crippen LogP contribution in [0.25, 0.3) is 0 Å². The van der Waals surface area contributed by atoms with Crippen molar-refractivity contribution < 1.29 is 29.4 Å². The number of thioether (sulfide) groups is 1. The average Bonchev–Trinajstić information content (AvgIpc) is 3.16. The molecular formula is C14H15N5O6S2. The first kappa shape index (κ1) is 19.0. The number of thiazole rings is 1. The Morgan fingerprint density at radius 2 is 2.30 bits per heavy atom. The number of rotatable bonds is 5. The molecule has 27 heavy (non-hydrogen) atoms. The van der Waals surface area contributed by atoms with E-state index in [-0.39, 0.29) is 22.6 Å². The van der Waals surface area contributed by atoms with Crippen molar-refractivity contribution in [3.05, 3.63) is 22.3 Å². The predicted octanol–water partition coefficient (Wildman–Crippen LogP) is -0.665. The second-order valence-corrected chi connectivity index (χ2v) is 7.65. The minimum absolute atomic E-state index is 0.0177. The van der Waals surface area contributed by atoms with E-state index in [1.807, 2.05) is 0 Å². The fourth-order valence-corrected chi connectivity index (χ4v) is 4.46. The third kappa shape index (κ3) is 3.68. The number of nitrogens with two attached hydrogens (primary N) is 1. The van der Waals surface area contributed by atoms with Crippen molar-refractivity contribution in [2.24, 2.45) is 5.16 Å². The number of anilines is 1. The zero-order valence-corrected chi connectivity index (χ0v) is 15.5. The van der Waals surface area contributed by atoms with E-state index in [4.69, 9.17) is 15.7 Å². The molecule has 3 atom stereocenters. The number of hydrogen-bond donors (Lipinski definition) is 5. The van der Waals surface area contributed by atoms with Crippen LogP contribution in [0.3, 0.4) is 0 Å². The van der Waals surface area contributed by atoms with Crippen LogP contribution in [0.5, 0.6) is 0 Å². The number of amides is 1. The number of aromatic nitrogens is 1. The van der Waals surface area contributed by atoms with Crippen LogP contribution in [0.2, 0.25) is 0 Å². The summed E-state index contributed by atoms with van der Waals surface area (Å²) in [5.41, 5.74) is 6.00. The van der Waals surface area contributed by atoms with Gasteiger partial charge in [-0.3, -0.25) is 4.79 Å². The molecule has 0 bridgehead atoms. The van der Waals surface area contributed by atoms with E-state index < -0.39 is 35.0 Å². The molecule has 0 radical (unpaired) electrons. The lowest BCUT2D eigenvalue weighted by Crippen LogP contribution is -2.55. The number of hydrogen-bond acceptors (Lipinski definition) is 11. The smallest absolute Gasteiger partial charge is 0.355 e. The summed E-state index contributed by atoms with van der Waals surface area (Å²) in [5, 5.41) is 27.4. The number of nitrogen functional groups attached to an aromatic ring is 1. The molecule has 0 spiro atoms. The predicted molar refractivity (Wildman–Crippen MR) is 96.4 cm³/mol. The van der Waals surface area contributed by atoms with E-state index in [0.29, 0.717) is 5.75 Å². The van der Waals surface area contributed by atoms with Crippen LogP contribution in [-0.4, -0.2) is 62.1 Å². The Morgan fingerprint density at radius 1 is 1.56 bits per heavy atom. The highest BCUT2D eigenvalue weighted by Crippen LogP contribution is 2.32. The van der Waals surface area contributed by atoms with Crippen LogP contribution in [0, 0.1) is 0 Å². The van der Waals surface area contributed by atoms with Crippen molar-refractivity contribution in [3.8, 4) is 0 Å². The lowest BCUT2D eigenvalue weighted by atomic mass is 10.1. The Morgan fingerprint density at radius 3 is 2.89 bits per heavy atom. The van der Waals surface area contributed by atoms with Gasteiger partial charge in [-0.25, -0.2) is 14.6 Å². The van der Waals surface area contributed by atoms with Gasteiger partial charge in [0.15, 0.2) is 16.9 Å². The van der Waals surface area contributed by atoms with Gasteiger partial charge in [0.1, 0.15) is 22.9 Å². The number of carbonyl (C=O) groups is 3. The number of nitrogens with one attached hydrogen (secondary N) is 2. The fraction of sp³-hybridized carbons (Fsp3) is 0.357. The van der Waals surface area contributed by atoms with Gasteiger partial charge in [-0.2, -0.15) is 0 Å². The number of carboxylic acids is 1. The number of aliphatic carboxylic acids is 1. The molecule has 1 amide bonds. The van der Waals surface area contributed by atoms with Crippen LogP contribution in [0.15, 0.2) is 21.8 Å². The third-order valence-corrected chi connectivity index (χ3v) is 5.84. The summed E-state index contributed by atoms with van der Waals surface area (Å²) in [4.78, 5) is 39.8. The van der Waals surface area contributed by atoms with Gasteiger partial charge < -0.3 is 31.4 Å². The van der Waals surface area contributed by atoms with Crippen LogP contribution in [0.4, 0.5) is 5.13 Å². The second-order valence-electron chi connectivity index (χ2n) is 5.63. The van der Waals surface area contributed by atoms with Gasteiger partial charge in [0.25, 0.3) is 5.91 Å². The molecule has 3 heterocycles. The molecule has 2 aliphatic heterocycles. The van der Waals surface area contributed by atoms with Gasteiger partial charge in [-0.15, -0.1) is 23.1 Å². The summed E-state index contributed by atoms with van der Waals surface area (Å²) in [6.45, 7) is 1.73. The molecule has 2 unspecified atom stereocenters. The number of nitrogens with zero attached hydrogens (tertiary/aromatic N) is 2. The molecule has 0 aliphatic carbocycles. The number of oxime groups is 1. The molecule has 11 nitrogen and oxygen atoms in total. The summed E-state index contributed by atoms with van der Waals surface area (Å²) in [5.74, 6) is -2.45. The van der Waals surface area contributed by atoms with Crippen molar-refractivity contribution in [2.45, 2.75) is 24.4 Å². The highest BCUT2D eigenvalue weighted by molar-refractivity contribution is 8.00. The lowest BCUT2D eigenvalue weighted by molar-refractivity contribution is -0.142. The highest BCUT2D eigenvalue weighted by atomic mass is 32.2. The molecule has 2 aliphatic rings. The number of carboxylic acid groups (broad SMARTS) is 1. The van der Waals surface area contributed by atoms with Crippen molar-refractivity contribution >= 4 is 51.8 Å². The van der Waals surface area contributed by atoms with Crippen LogP contribution in [-0.2, 0) is 19.1 Å². The SMILES string of the molecule is CC1OC(=O)C2=C1CSC([C@H](NC(=O)/C(=N\O)c1csc(N)n1)C(=O)O)N2. The summed E-state index contributed by atoms with van der Waals surface area (Å²) >= 11 is 2.24. The number of esters is 1. The fourth-order valence-electron chi connectivity index (χ4n) is 2.60. The maximum absolute atomic E-state index is 12.4. The number of ether oxygens (including phenoxy) is 1. The maximum Gasteiger partial charge on any atom is 0.355 e. The summed E-state index contributed by atoms with van der Waals surface area (Å²) in [7, 11) is 0. The quantitative estimate of drug-likeness (QED) is 0.180. The van der Waals surface area contributed by atoms with Gasteiger partial charge in [-0.05, 0) is 6.92 Å². The molecule has 13 heteroatoms. The minimum Gasteiger partial charge on any atom is -0.480 e. The van der Waals surface area contributed by atoms with Crippen molar-refractivity contribution in [1.82, 2.24) is 15.6 Å². The van der Waals surface area contributed by atoms with Gasteiger partial charge >= 0.3 is 11.9 Å². The Kier molecular flexibility index (Phi) is 5.23. The van der Waals surface area contributed by atoms with Crippen LogP contribution >= 0.6 is 23.1 Å². The van der Waals surface area contributed by atoms with Gasteiger partial charge in [0.05, 0.1) is 0 Å². The van der Waals surface area contributed by atoms with Crippen molar-refractivity contribution in [2.75, 3.05) is 11.5 Å². The Balaban J connectivity index is 1.77. The van der Waals surface area contributed by atoms with E-state index >= 15 is 0 Å². The van der Waals surface area contributed by atoms with Gasteiger partial charge in [-0.1, -0.05) is 5.16 Å². The summed E-state index contributed by atoms with van der Waals surface area (Å²) in [6, 6.07) is -1.41. The second kappa shape index (κ2) is 7.44. The third-order valence-electron chi connectivity index (χ3n) is 3.94. The monoisotopic (exact) mass is 413 g/mol. The normalized spacial score (nSPS) is 23.3. The Labute approximate surface area is 160 Å². The number of cyclic esters (lactones) is 1. The van der Waals surface area contributed by atoms with E-state index in [2.05, 4.69) is 20.8 Å². The maximum atomic E-state index is 12.4. The Bertz CT molecular complexity index is 866. The molecule has 6 N–H and O–H groups in total. The lowest BCUT2D eigenvalue weighted by Gasteiger charge is -2.29. The van der Waals surface area contributed by atoms with E-state index in [9.17, 15) is 19.5 Å². The standard InChI is InChI=1S/C14H15N5O6S2/c1-4-5-2-26-11(18-7(5)13(23)25-4)9(12(21)22)17-10(20)8(19-24)6-3-27-14(15)16-6/h3-4,9,11,18,24H,2H2,1H3,(H2,15,16)(H,17,20)(H,21,22)/b19-8-/t4?,9-,11?/m0/s1. The largest absolute Gasteiger partial charge is 0.480 e. The van der Waals surface area contributed by atoms with Crippen molar-refractivity contribution in [3.63, 3.8) is 0 Å². The highest BCUT2D eigenvalue weighted by Gasteiger charge is 2.41. The van der Waals surface area contributed by atoms with Crippen LogP contribution < -0.4 is 16.4 Å². The molecule has 3 rings (SSSR count). The molecule has 1 aromatic rings. The summed E-state index contributed by atoms with van der Waals surface area (Å²) < 4.78 is 5.10. The van der Waals surface area contributed by atoms with Gasteiger partial charge in [0, 0.05) is 16.7 Å². The van der Waals surface area contributed by atoms with Gasteiger partial charge in [0.2, 0.25) is 0 Å².